The van der Waals surface area contributed by atoms with Crippen LogP contribution in [0.1, 0.15) is 25.0 Å². The number of carbonyl (C=O) groups excluding carboxylic acids is 2. The van der Waals surface area contributed by atoms with Gasteiger partial charge >= 0.3 is 0 Å². The van der Waals surface area contributed by atoms with Crippen LogP contribution in [0.25, 0.3) is 0 Å². The van der Waals surface area contributed by atoms with Crippen LogP contribution < -0.4 is 10.6 Å². The van der Waals surface area contributed by atoms with Crippen LogP contribution in [0.15, 0.2) is 42.6 Å². The molecule has 0 aliphatic heterocycles. The van der Waals surface area contributed by atoms with Gasteiger partial charge in [-0.3, -0.25) is 9.59 Å². The van der Waals surface area contributed by atoms with E-state index in [1.807, 2.05) is 37.3 Å². The zero-order valence-corrected chi connectivity index (χ0v) is 16.3. The Hall–Kier alpha value is -2.22. The van der Waals surface area contributed by atoms with E-state index >= 15 is 0 Å². The third-order valence-electron chi connectivity index (χ3n) is 3.47. The molecule has 0 unspecified atom stereocenters. The zero-order valence-electron chi connectivity index (χ0n) is 13.9. The molecule has 2 amide bonds. The molecule has 26 heavy (non-hydrogen) atoms. The molecule has 8 heteroatoms. The maximum absolute atomic E-state index is 12.0. The van der Waals surface area contributed by atoms with Gasteiger partial charge in [-0.15, -0.1) is 22.7 Å². The molecule has 2 heterocycles. The Bertz CT molecular complexity index is 919. The number of thiophene rings is 1. The first-order valence-corrected chi connectivity index (χ1v) is 9.84. The molecule has 0 spiro atoms. The maximum Gasteiger partial charge on any atom is 0.261 e. The lowest BCUT2D eigenvalue weighted by Crippen LogP contribution is -2.32. The van der Waals surface area contributed by atoms with Crippen LogP contribution in [0.5, 0.6) is 0 Å². The largest absolute Gasteiger partial charge is 0.342 e. The van der Waals surface area contributed by atoms with Crippen molar-refractivity contribution in [2.75, 3.05) is 11.9 Å². The van der Waals surface area contributed by atoms with Crippen LogP contribution in [0.3, 0.4) is 0 Å². The first-order valence-electron chi connectivity index (χ1n) is 7.83. The highest BCUT2D eigenvalue weighted by Crippen LogP contribution is 2.22. The fourth-order valence-corrected chi connectivity index (χ4v) is 3.99. The number of nitrogens with one attached hydrogen (secondary N) is 2. The maximum atomic E-state index is 12.0. The highest BCUT2D eigenvalue weighted by molar-refractivity contribution is 7.15. The number of halogens is 1. The van der Waals surface area contributed by atoms with E-state index in [4.69, 9.17) is 11.6 Å². The second-order valence-corrected chi connectivity index (χ2v) is 8.42. The number of nitrogens with zero attached hydrogens (tertiary/aromatic N) is 1. The second kappa shape index (κ2) is 8.44. The number of thiazole rings is 1. The molecule has 0 aliphatic carbocycles. The summed E-state index contributed by atoms with van der Waals surface area (Å²) >= 11 is 8.68. The molecule has 2 aromatic heterocycles. The van der Waals surface area contributed by atoms with E-state index < -0.39 is 0 Å². The highest BCUT2D eigenvalue weighted by atomic mass is 35.5. The van der Waals surface area contributed by atoms with E-state index in [-0.39, 0.29) is 18.4 Å². The normalized spacial score (nSPS) is 10.5. The number of amides is 2. The first kappa shape index (κ1) is 18.6. The van der Waals surface area contributed by atoms with Gasteiger partial charge in [0.15, 0.2) is 5.13 Å². The Labute approximate surface area is 164 Å². The van der Waals surface area contributed by atoms with Crippen molar-refractivity contribution in [3.8, 4) is 0 Å². The van der Waals surface area contributed by atoms with E-state index in [1.54, 1.807) is 12.3 Å². The van der Waals surface area contributed by atoms with E-state index in [9.17, 15) is 9.59 Å². The van der Waals surface area contributed by atoms with Crippen molar-refractivity contribution < 1.29 is 9.59 Å². The molecule has 0 fully saturated rings. The van der Waals surface area contributed by atoms with Gasteiger partial charge in [0.2, 0.25) is 5.91 Å². The molecule has 0 atom stereocenters. The molecule has 134 valence electrons. The minimum absolute atomic E-state index is 0.0954. The predicted octanol–water partition coefficient (Wildman–Crippen LogP) is 4.13. The minimum Gasteiger partial charge on any atom is -0.342 e. The molecule has 2 N–H and O–H groups in total. The summed E-state index contributed by atoms with van der Waals surface area (Å²) in [5.74, 6) is -0.556. The molecular formula is C18H16ClN3O2S2. The number of hydrogen-bond acceptors (Lipinski definition) is 5. The fraction of sp³-hybridized carbons (Fsp3) is 0.167. The van der Waals surface area contributed by atoms with Crippen LogP contribution in [0.4, 0.5) is 5.13 Å². The van der Waals surface area contributed by atoms with Gasteiger partial charge in [0, 0.05) is 27.4 Å². The Morgan fingerprint density at radius 1 is 1.12 bits per heavy atom. The summed E-state index contributed by atoms with van der Waals surface area (Å²) in [6.07, 6.45) is 2.46. The van der Waals surface area contributed by atoms with Crippen molar-refractivity contribution in [3.63, 3.8) is 0 Å². The molecule has 1 aromatic carbocycles. The first-order chi connectivity index (χ1) is 12.5. The van der Waals surface area contributed by atoms with Gasteiger partial charge in [-0.2, -0.15) is 0 Å². The van der Waals surface area contributed by atoms with Gasteiger partial charge < -0.3 is 10.6 Å². The second-order valence-electron chi connectivity index (χ2n) is 5.58. The molecule has 0 radical (unpaired) electrons. The topological polar surface area (TPSA) is 71.1 Å². The minimum atomic E-state index is -0.306. The van der Waals surface area contributed by atoms with Gasteiger partial charge in [0.1, 0.15) is 0 Å². The fourth-order valence-electron chi connectivity index (χ4n) is 2.22. The third kappa shape index (κ3) is 5.14. The van der Waals surface area contributed by atoms with Crippen molar-refractivity contribution in [2.24, 2.45) is 0 Å². The van der Waals surface area contributed by atoms with Crippen molar-refractivity contribution in [3.05, 3.63) is 67.8 Å². The summed E-state index contributed by atoms with van der Waals surface area (Å²) in [6, 6.07) is 11.2. The molecule has 0 aliphatic rings. The quantitative estimate of drug-likeness (QED) is 0.647. The number of rotatable bonds is 6. The number of carbonyl (C=O) groups is 2. The molecule has 3 aromatic rings. The standard InChI is InChI=1S/C18H16ClN3O2S2/c1-11-2-7-15(25-11)17(24)20-10-16(23)22-18-21-9-14(26-18)8-12-3-5-13(19)6-4-12/h2-7,9H,8,10H2,1H3,(H,20,24)(H,21,22,23). The van der Waals surface area contributed by atoms with E-state index in [2.05, 4.69) is 15.6 Å². The summed E-state index contributed by atoms with van der Waals surface area (Å²) in [7, 11) is 0. The number of aromatic nitrogens is 1. The number of benzene rings is 1. The predicted molar refractivity (Wildman–Crippen MR) is 106 cm³/mol. The van der Waals surface area contributed by atoms with Crippen molar-refractivity contribution in [2.45, 2.75) is 13.3 Å². The van der Waals surface area contributed by atoms with E-state index in [1.165, 1.54) is 22.7 Å². The van der Waals surface area contributed by atoms with E-state index in [0.717, 1.165) is 21.7 Å². The van der Waals surface area contributed by atoms with Crippen LogP contribution in [0, 0.1) is 6.92 Å². The zero-order chi connectivity index (χ0) is 18.5. The number of aryl methyl sites for hydroxylation is 1. The summed E-state index contributed by atoms with van der Waals surface area (Å²) in [5, 5.41) is 6.53. The summed E-state index contributed by atoms with van der Waals surface area (Å²) < 4.78 is 0. The Morgan fingerprint density at radius 2 is 1.88 bits per heavy atom. The lowest BCUT2D eigenvalue weighted by atomic mass is 10.1. The van der Waals surface area contributed by atoms with Crippen molar-refractivity contribution in [1.82, 2.24) is 10.3 Å². The van der Waals surface area contributed by atoms with E-state index in [0.29, 0.717) is 15.0 Å². The van der Waals surface area contributed by atoms with Gasteiger partial charge in [-0.1, -0.05) is 23.7 Å². The van der Waals surface area contributed by atoms with Crippen LogP contribution >= 0.6 is 34.3 Å². The molecule has 5 nitrogen and oxygen atoms in total. The molecular weight excluding hydrogens is 390 g/mol. The average molecular weight is 406 g/mol. The van der Waals surface area contributed by atoms with Gasteiger partial charge in [-0.05, 0) is 36.8 Å². The summed E-state index contributed by atoms with van der Waals surface area (Å²) in [5.41, 5.74) is 1.12. The monoisotopic (exact) mass is 405 g/mol. The van der Waals surface area contributed by atoms with Gasteiger partial charge in [0.05, 0.1) is 11.4 Å². The Morgan fingerprint density at radius 3 is 2.58 bits per heavy atom. The Balaban J connectivity index is 1.49. The SMILES string of the molecule is Cc1ccc(C(=O)NCC(=O)Nc2ncc(Cc3ccc(Cl)cc3)s2)s1. The number of anilines is 1. The molecule has 0 bridgehead atoms. The lowest BCUT2D eigenvalue weighted by Gasteiger charge is -2.03. The van der Waals surface area contributed by atoms with Crippen molar-refractivity contribution >= 4 is 51.2 Å². The smallest absolute Gasteiger partial charge is 0.261 e. The van der Waals surface area contributed by atoms with Crippen LogP contribution in [0.2, 0.25) is 5.02 Å². The van der Waals surface area contributed by atoms with Crippen LogP contribution in [-0.2, 0) is 11.2 Å². The van der Waals surface area contributed by atoms with Gasteiger partial charge in [-0.25, -0.2) is 4.98 Å². The van der Waals surface area contributed by atoms with Crippen molar-refractivity contribution in [1.29, 1.82) is 0 Å². The summed E-state index contributed by atoms with van der Waals surface area (Å²) in [6.45, 7) is 1.83. The van der Waals surface area contributed by atoms with Gasteiger partial charge in [0.25, 0.3) is 5.91 Å². The third-order valence-corrected chi connectivity index (χ3v) is 5.63. The molecule has 0 saturated heterocycles. The van der Waals surface area contributed by atoms with Crippen LogP contribution in [-0.4, -0.2) is 23.3 Å². The lowest BCUT2D eigenvalue weighted by molar-refractivity contribution is -0.115. The Kier molecular flexibility index (Phi) is 6.03. The highest BCUT2D eigenvalue weighted by Gasteiger charge is 2.11. The number of hydrogen-bond donors (Lipinski definition) is 2. The molecule has 3 rings (SSSR count). The molecule has 0 saturated carbocycles. The summed E-state index contributed by atoms with van der Waals surface area (Å²) in [4.78, 5) is 30.8. The average Bonchev–Trinajstić information content (AvgIpc) is 3.24.